The highest BCUT2D eigenvalue weighted by Crippen LogP contribution is 2.39. The molecule has 0 aromatic carbocycles. The van der Waals surface area contributed by atoms with Crippen molar-refractivity contribution in [2.75, 3.05) is 32.1 Å². The van der Waals surface area contributed by atoms with Crippen molar-refractivity contribution in [1.82, 2.24) is 14.9 Å². The Bertz CT molecular complexity index is 732. The number of carbonyl (C=O) groups excluding carboxylic acids is 1. The fourth-order valence-corrected chi connectivity index (χ4v) is 5.35. The summed E-state index contributed by atoms with van der Waals surface area (Å²) in [5, 5.41) is -0.541. The Morgan fingerprint density at radius 3 is 2.78 bits per heavy atom. The average molecular weight is 338 g/mol. The Morgan fingerprint density at radius 2 is 2.13 bits per heavy atom. The van der Waals surface area contributed by atoms with Gasteiger partial charge in [-0.15, -0.1) is 0 Å². The van der Waals surface area contributed by atoms with Crippen LogP contribution in [0.3, 0.4) is 0 Å². The molecule has 1 amide bonds. The van der Waals surface area contributed by atoms with Crippen molar-refractivity contribution in [2.24, 2.45) is 0 Å². The minimum atomic E-state index is -3.28. The van der Waals surface area contributed by atoms with Crippen molar-refractivity contribution < 1.29 is 13.2 Å². The Kier molecular flexibility index (Phi) is 4.03. The third kappa shape index (κ3) is 2.80. The number of nitrogens with zero attached hydrogens (tertiary/aromatic N) is 4. The Labute approximate surface area is 136 Å². The molecule has 0 N–H and O–H groups in total. The minimum Gasteiger partial charge on any atom is -0.347 e. The molecule has 126 valence electrons. The monoisotopic (exact) mass is 338 g/mol. The lowest BCUT2D eigenvalue weighted by Crippen LogP contribution is -2.36. The molecule has 2 atom stereocenters. The van der Waals surface area contributed by atoms with Crippen molar-refractivity contribution >= 4 is 21.7 Å². The Balaban J connectivity index is 1.99. The molecule has 0 radical (unpaired) electrons. The maximum atomic E-state index is 12.6. The van der Waals surface area contributed by atoms with Gasteiger partial charge in [0, 0.05) is 51.3 Å². The zero-order valence-corrected chi connectivity index (χ0v) is 14.5. The van der Waals surface area contributed by atoms with Crippen LogP contribution in [-0.4, -0.2) is 61.6 Å². The highest BCUT2D eigenvalue weighted by atomic mass is 32.2. The number of aromatic nitrogens is 2. The van der Waals surface area contributed by atoms with Crippen LogP contribution >= 0.6 is 0 Å². The van der Waals surface area contributed by atoms with E-state index in [-0.39, 0.29) is 24.1 Å². The van der Waals surface area contributed by atoms with Crippen LogP contribution in [0.5, 0.6) is 0 Å². The first-order chi connectivity index (χ1) is 10.8. The molecule has 3 rings (SSSR count). The van der Waals surface area contributed by atoms with Gasteiger partial charge in [-0.25, -0.2) is 18.4 Å². The van der Waals surface area contributed by atoms with E-state index >= 15 is 0 Å². The van der Waals surface area contributed by atoms with E-state index in [4.69, 9.17) is 0 Å². The highest BCUT2D eigenvalue weighted by Gasteiger charge is 2.48. The Morgan fingerprint density at radius 1 is 1.39 bits per heavy atom. The number of likely N-dealkylation sites (tertiary alicyclic amines) is 1. The van der Waals surface area contributed by atoms with Gasteiger partial charge in [-0.2, -0.15) is 0 Å². The maximum absolute atomic E-state index is 12.6. The highest BCUT2D eigenvalue weighted by molar-refractivity contribution is 7.91. The molecule has 2 aliphatic rings. The van der Waals surface area contributed by atoms with E-state index in [9.17, 15) is 13.2 Å². The summed E-state index contributed by atoms with van der Waals surface area (Å²) in [4.78, 5) is 24.5. The molecule has 2 aliphatic heterocycles. The zero-order valence-electron chi connectivity index (χ0n) is 13.7. The van der Waals surface area contributed by atoms with Crippen molar-refractivity contribution in [3.63, 3.8) is 0 Å². The van der Waals surface area contributed by atoms with Gasteiger partial charge in [0.05, 0.1) is 16.7 Å². The van der Waals surface area contributed by atoms with Crippen LogP contribution in [0, 0.1) is 0 Å². The zero-order chi connectivity index (χ0) is 16.8. The predicted molar refractivity (Wildman–Crippen MR) is 87.0 cm³/mol. The number of sulfone groups is 1. The summed E-state index contributed by atoms with van der Waals surface area (Å²) in [7, 11) is 0.428. The Hall–Kier alpha value is -1.70. The van der Waals surface area contributed by atoms with E-state index in [1.54, 1.807) is 16.0 Å². The number of hydrogen-bond acceptors (Lipinski definition) is 6. The van der Waals surface area contributed by atoms with Gasteiger partial charge in [0.2, 0.25) is 11.9 Å². The standard InChI is InChI=1S/C15H22N4O3S/c1-4-5-13(20)19-7-11-12(8-19)23(21,22)9-10-6-16-15(18(2)3)17-14(10)11/h6,11-12H,4-5,7-9H2,1-3H3/t11-,12+/m0/s1. The molecule has 8 heteroatoms. The third-order valence-corrected chi connectivity index (χ3v) is 6.65. The topological polar surface area (TPSA) is 83.5 Å². The molecule has 1 aromatic rings. The van der Waals surface area contributed by atoms with E-state index < -0.39 is 15.1 Å². The number of carbonyl (C=O) groups is 1. The van der Waals surface area contributed by atoms with Crippen molar-refractivity contribution in [1.29, 1.82) is 0 Å². The summed E-state index contributed by atoms with van der Waals surface area (Å²) in [6.07, 6.45) is 2.84. The lowest BCUT2D eigenvalue weighted by atomic mass is 10.00. The smallest absolute Gasteiger partial charge is 0.225 e. The van der Waals surface area contributed by atoms with Crippen LogP contribution in [0.2, 0.25) is 0 Å². The summed E-state index contributed by atoms with van der Waals surface area (Å²) in [6, 6.07) is 0. The second-order valence-electron chi connectivity index (χ2n) is 6.48. The first-order valence-electron chi connectivity index (χ1n) is 7.86. The van der Waals surface area contributed by atoms with Crippen molar-refractivity contribution in [2.45, 2.75) is 36.7 Å². The van der Waals surface area contributed by atoms with Gasteiger partial charge >= 0.3 is 0 Å². The second kappa shape index (κ2) is 5.74. The maximum Gasteiger partial charge on any atom is 0.225 e. The van der Waals surface area contributed by atoms with Gasteiger partial charge in [-0.05, 0) is 6.42 Å². The molecule has 0 saturated carbocycles. The molecule has 0 aliphatic carbocycles. The van der Waals surface area contributed by atoms with E-state index in [1.807, 2.05) is 21.0 Å². The summed E-state index contributed by atoms with van der Waals surface area (Å²) >= 11 is 0. The van der Waals surface area contributed by atoms with Crippen LogP contribution in [0.15, 0.2) is 6.20 Å². The fourth-order valence-electron chi connectivity index (χ4n) is 3.36. The molecule has 1 fully saturated rings. The molecule has 0 spiro atoms. The van der Waals surface area contributed by atoms with Gasteiger partial charge in [-0.3, -0.25) is 4.79 Å². The molecule has 1 aromatic heterocycles. The van der Waals surface area contributed by atoms with Gasteiger partial charge < -0.3 is 9.80 Å². The normalized spacial score (nSPS) is 24.9. The van der Waals surface area contributed by atoms with Crippen LogP contribution < -0.4 is 4.90 Å². The van der Waals surface area contributed by atoms with Gasteiger partial charge in [0.15, 0.2) is 9.84 Å². The number of anilines is 1. The van der Waals surface area contributed by atoms with Gasteiger partial charge in [-0.1, -0.05) is 6.92 Å². The van der Waals surface area contributed by atoms with Gasteiger partial charge in [0.1, 0.15) is 0 Å². The first-order valence-corrected chi connectivity index (χ1v) is 9.57. The van der Waals surface area contributed by atoms with E-state index in [1.165, 1.54) is 0 Å². The summed E-state index contributed by atoms with van der Waals surface area (Å²) in [5.74, 6) is 0.319. The number of fused-ring (bicyclic) bond motifs is 3. The molecule has 0 unspecified atom stereocenters. The van der Waals surface area contributed by atoms with Gasteiger partial charge in [0.25, 0.3) is 0 Å². The quantitative estimate of drug-likeness (QED) is 0.801. The minimum absolute atomic E-state index is 0.0283. The van der Waals surface area contributed by atoms with E-state index in [0.717, 1.165) is 12.1 Å². The molecule has 23 heavy (non-hydrogen) atoms. The fraction of sp³-hybridized carbons (Fsp3) is 0.667. The molecule has 0 bridgehead atoms. The molecule has 1 saturated heterocycles. The number of hydrogen-bond donors (Lipinski definition) is 0. The third-order valence-electron chi connectivity index (χ3n) is 4.54. The molecule has 3 heterocycles. The van der Waals surface area contributed by atoms with E-state index in [0.29, 0.717) is 24.5 Å². The lowest BCUT2D eigenvalue weighted by Gasteiger charge is -2.26. The SMILES string of the molecule is CCCC(=O)N1C[C@@H]2c3nc(N(C)C)ncc3CS(=O)(=O)[C@@H]2C1. The number of amides is 1. The summed E-state index contributed by atoms with van der Waals surface area (Å²) in [5.41, 5.74) is 1.46. The molecular formula is C15H22N4O3S. The lowest BCUT2D eigenvalue weighted by molar-refractivity contribution is -0.130. The number of rotatable bonds is 3. The molecule has 7 nitrogen and oxygen atoms in total. The van der Waals surface area contributed by atoms with Crippen LogP contribution in [0.25, 0.3) is 0 Å². The average Bonchev–Trinajstić information content (AvgIpc) is 2.93. The predicted octanol–water partition coefficient (Wildman–Crippen LogP) is 0.565. The first kappa shape index (κ1) is 16.2. The van der Waals surface area contributed by atoms with Crippen molar-refractivity contribution in [3.05, 3.63) is 17.5 Å². The second-order valence-corrected chi connectivity index (χ2v) is 8.70. The molecular weight excluding hydrogens is 316 g/mol. The van der Waals surface area contributed by atoms with E-state index in [2.05, 4.69) is 9.97 Å². The van der Waals surface area contributed by atoms with Crippen molar-refractivity contribution in [3.8, 4) is 0 Å². The summed E-state index contributed by atoms with van der Waals surface area (Å²) < 4.78 is 25.1. The van der Waals surface area contributed by atoms with Crippen LogP contribution in [0.1, 0.15) is 36.9 Å². The largest absolute Gasteiger partial charge is 0.347 e. The summed E-state index contributed by atoms with van der Waals surface area (Å²) in [6.45, 7) is 2.66. The van der Waals surface area contributed by atoms with Crippen LogP contribution in [-0.2, 0) is 20.4 Å². The van der Waals surface area contributed by atoms with Crippen LogP contribution in [0.4, 0.5) is 5.95 Å².